The highest BCUT2D eigenvalue weighted by Gasteiger charge is 2.08. The lowest BCUT2D eigenvalue weighted by atomic mass is 10.1. The van der Waals surface area contributed by atoms with E-state index in [4.69, 9.17) is 4.74 Å². The molecular weight excluding hydrogens is 278 g/mol. The predicted molar refractivity (Wildman–Crippen MR) is 77.1 cm³/mol. The van der Waals surface area contributed by atoms with Crippen LogP contribution in [0.25, 0.3) is 0 Å². The van der Waals surface area contributed by atoms with Crippen molar-refractivity contribution in [3.63, 3.8) is 0 Å². The van der Waals surface area contributed by atoms with E-state index in [0.717, 1.165) is 30.7 Å². The van der Waals surface area contributed by atoms with Gasteiger partial charge in [-0.3, -0.25) is 4.90 Å². The van der Waals surface area contributed by atoms with Gasteiger partial charge in [0.25, 0.3) is 0 Å². The molecule has 17 heavy (non-hydrogen) atoms. The molecule has 0 atom stereocenters. The molecule has 0 aliphatic rings. The minimum absolute atomic E-state index is 0.963. The minimum Gasteiger partial charge on any atom is -0.496 e. The van der Waals surface area contributed by atoms with Crippen molar-refractivity contribution in [2.75, 3.05) is 25.5 Å². The molecule has 1 aromatic rings. The molecular formula is C14H22BrNO. The Kier molecular flexibility index (Phi) is 6.60. The number of hydrogen-bond donors (Lipinski definition) is 0. The Bertz CT molecular complexity index is 335. The van der Waals surface area contributed by atoms with Gasteiger partial charge in [0.2, 0.25) is 0 Å². The smallest absolute Gasteiger partial charge is 0.123 e. The molecule has 0 amide bonds. The zero-order valence-electron chi connectivity index (χ0n) is 11.0. The Morgan fingerprint density at radius 1 is 1.29 bits per heavy atom. The molecule has 0 fully saturated rings. The summed E-state index contributed by atoms with van der Waals surface area (Å²) in [7, 11) is 1.74. The number of ether oxygens (including phenoxy) is 1. The monoisotopic (exact) mass is 299 g/mol. The summed E-state index contributed by atoms with van der Waals surface area (Å²) in [5, 5.41) is 1.02. The normalized spacial score (nSPS) is 10.9. The molecule has 0 saturated carbocycles. The van der Waals surface area contributed by atoms with Gasteiger partial charge in [0, 0.05) is 24.0 Å². The SMILES string of the molecule is CCCN(CCBr)Cc1cc(C)ccc1OC. The number of nitrogens with zero attached hydrogens (tertiary/aromatic N) is 1. The summed E-state index contributed by atoms with van der Waals surface area (Å²) in [6, 6.07) is 6.37. The van der Waals surface area contributed by atoms with Gasteiger partial charge in [-0.2, -0.15) is 0 Å². The maximum Gasteiger partial charge on any atom is 0.123 e. The highest BCUT2D eigenvalue weighted by Crippen LogP contribution is 2.21. The Hall–Kier alpha value is -0.540. The third kappa shape index (κ3) is 4.68. The summed E-state index contributed by atoms with van der Waals surface area (Å²) < 4.78 is 5.42. The Morgan fingerprint density at radius 3 is 2.65 bits per heavy atom. The van der Waals surface area contributed by atoms with Crippen molar-refractivity contribution in [3.8, 4) is 5.75 Å². The van der Waals surface area contributed by atoms with Gasteiger partial charge < -0.3 is 4.74 Å². The zero-order valence-corrected chi connectivity index (χ0v) is 12.6. The van der Waals surface area contributed by atoms with E-state index in [1.807, 2.05) is 0 Å². The molecule has 3 heteroatoms. The fourth-order valence-electron chi connectivity index (χ4n) is 1.98. The van der Waals surface area contributed by atoms with Gasteiger partial charge in [-0.1, -0.05) is 40.5 Å². The second kappa shape index (κ2) is 7.72. The van der Waals surface area contributed by atoms with E-state index in [1.165, 1.54) is 17.5 Å². The average molecular weight is 300 g/mol. The molecule has 1 aromatic carbocycles. The molecule has 0 N–H and O–H groups in total. The van der Waals surface area contributed by atoms with E-state index in [1.54, 1.807) is 7.11 Å². The third-order valence-electron chi connectivity index (χ3n) is 2.77. The summed E-state index contributed by atoms with van der Waals surface area (Å²) in [6.07, 6.45) is 1.18. The minimum atomic E-state index is 0.963. The van der Waals surface area contributed by atoms with Crippen LogP contribution in [0, 0.1) is 6.92 Å². The summed E-state index contributed by atoms with van der Waals surface area (Å²) in [6.45, 7) is 7.50. The van der Waals surface area contributed by atoms with E-state index in [-0.39, 0.29) is 0 Å². The van der Waals surface area contributed by atoms with E-state index in [9.17, 15) is 0 Å². The van der Waals surface area contributed by atoms with Crippen LogP contribution < -0.4 is 4.74 Å². The van der Waals surface area contributed by atoms with Crippen LogP contribution in [0.5, 0.6) is 5.75 Å². The first-order valence-electron chi connectivity index (χ1n) is 6.13. The molecule has 1 rings (SSSR count). The Morgan fingerprint density at radius 2 is 2.06 bits per heavy atom. The van der Waals surface area contributed by atoms with Crippen LogP contribution in [0.2, 0.25) is 0 Å². The van der Waals surface area contributed by atoms with Crippen molar-refractivity contribution in [1.29, 1.82) is 0 Å². The van der Waals surface area contributed by atoms with Gasteiger partial charge in [-0.05, 0) is 26.0 Å². The lowest BCUT2D eigenvalue weighted by molar-refractivity contribution is 0.278. The van der Waals surface area contributed by atoms with Crippen LogP contribution in [0.15, 0.2) is 18.2 Å². The van der Waals surface area contributed by atoms with Crippen LogP contribution in [-0.2, 0) is 6.54 Å². The Labute approximate surface area is 113 Å². The van der Waals surface area contributed by atoms with Gasteiger partial charge in [-0.25, -0.2) is 0 Å². The standard InChI is InChI=1S/C14H22BrNO/c1-4-8-16(9-7-15)11-13-10-12(2)5-6-14(13)17-3/h5-6,10H,4,7-9,11H2,1-3H3. The van der Waals surface area contributed by atoms with Crippen molar-refractivity contribution in [1.82, 2.24) is 4.90 Å². The first-order valence-corrected chi connectivity index (χ1v) is 7.25. The molecule has 0 aliphatic carbocycles. The second-order valence-electron chi connectivity index (χ2n) is 4.28. The molecule has 0 heterocycles. The van der Waals surface area contributed by atoms with Crippen LogP contribution in [0.3, 0.4) is 0 Å². The molecule has 0 bridgehead atoms. The summed E-state index contributed by atoms with van der Waals surface area (Å²) >= 11 is 3.51. The number of benzene rings is 1. The predicted octanol–water partition coefficient (Wildman–Crippen LogP) is 3.61. The average Bonchev–Trinajstić information content (AvgIpc) is 2.30. The molecule has 0 aliphatic heterocycles. The zero-order chi connectivity index (χ0) is 12.7. The molecule has 0 aromatic heterocycles. The van der Waals surface area contributed by atoms with Crippen LogP contribution in [0.4, 0.5) is 0 Å². The fourth-order valence-corrected chi connectivity index (χ4v) is 2.48. The quantitative estimate of drug-likeness (QED) is 0.713. The first-order chi connectivity index (χ1) is 8.21. The van der Waals surface area contributed by atoms with Gasteiger partial charge in [-0.15, -0.1) is 0 Å². The first kappa shape index (κ1) is 14.5. The number of rotatable bonds is 7. The van der Waals surface area contributed by atoms with Gasteiger partial charge in [0.1, 0.15) is 5.75 Å². The maximum atomic E-state index is 5.42. The van der Waals surface area contributed by atoms with Crippen molar-refractivity contribution in [3.05, 3.63) is 29.3 Å². The fraction of sp³-hybridized carbons (Fsp3) is 0.571. The molecule has 0 saturated heterocycles. The molecule has 0 radical (unpaired) electrons. The third-order valence-corrected chi connectivity index (χ3v) is 3.13. The maximum absolute atomic E-state index is 5.42. The van der Waals surface area contributed by atoms with Crippen LogP contribution >= 0.6 is 15.9 Å². The van der Waals surface area contributed by atoms with Gasteiger partial charge in [0.15, 0.2) is 0 Å². The summed E-state index contributed by atoms with van der Waals surface area (Å²) in [5.74, 6) is 0.992. The number of methoxy groups -OCH3 is 1. The molecule has 0 spiro atoms. The topological polar surface area (TPSA) is 12.5 Å². The van der Waals surface area contributed by atoms with E-state index in [0.29, 0.717) is 0 Å². The van der Waals surface area contributed by atoms with Crippen molar-refractivity contribution >= 4 is 15.9 Å². The second-order valence-corrected chi connectivity index (χ2v) is 5.07. The number of alkyl halides is 1. The Balaban J connectivity index is 2.79. The number of hydrogen-bond acceptors (Lipinski definition) is 2. The van der Waals surface area contributed by atoms with Gasteiger partial charge >= 0.3 is 0 Å². The summed E-state index contributed by atoms with van der Waals surface area (Å²) in [5.41, 5.74) is 2.57. The summed E-state index contributed by atoms with van der Waals surface area (Å²) in [4.78, 5) is 2.45. The van der Waals surface area contributed by atoms with Crippen molar-refractivity contribution in [2.24, 2.45) is 0 Å². The largest absolute Gasteiger partial charge is 0.496 e. The van der Waals surface area contributed by atoms with Gasteiger partial charge in [0.05, 0.1) is 7.11 Å². The molecule has 96 valence electrons. The van der Waals surface area contributed by atoms with Crippen molar-refractivity contribution in [2.45, 2.75) is 26.8 Å². The van der Waals surface area contributed by atoms with E-state index < -0.39 is 0 Å². The number of halogens is 1. The number of aryl methyl sites for hydroxylation is 1. The van der Waals surface area contributed by atoms with Crippen LogP contribution in [0.1, 0.15) is 24.5 Å². The lowest BCUT2D eigenvalue weighted by Gasteiger charge is -2.22. The van der Waals surface area contributed by atoms with Crippen LogP contribution in [-0.4, -0.2) is 30.4 Å². The van der Waals surface area contributed by atoms with E-state index >= 15 is 0 Å². The molecule has 0 unspecified atom stereocenters. The highest BCUT2D eigenvalue weighted by molar-refractivity contribution is 9.09. The molecule has 2 nitrogen and oxygen atoms in total. The lowest BCUT2D eigenvalue weighted by Crippen LogP contribution is -2.26. The van der Waals surface area contributed by atoms with E-state index in [2.05, 4.69) is 52.9 Å². The van der Waals surface area contributed by atoms with Crippen molar-refractivity contribution < 1.29 is 4.74 Å². The highest BCUT2D eigenvalue weighted by atomic mass is 79.9.